The number of hydrogen-bond acceptors (Lipinski definition) is 10. The SMILES string of the molecule is CO[C@H](C(=O)N[C@@H](Cc1ccccc1)[C@H](O)CN(CC(C)C)S(=O)(=O)c1ccc2nc(NC(C)C)sc2c1)[C@H]1C2CO[C@H]3OC[C@@H]1C3C2. The number of carbonyl (C=O) groups excluding carboxylic acids is 1. The van der Waals surface area contributed by atoms with E-state index >= 15 is 0 Å². The van der Waals surface area contributed by atoms with Crippen molar-refractivity contribution < 1.29 is 32.5 Å². The highest BCUT2D eigenvalue weighted by Crippen LogP contribution is 2.53. The normalized spacial score (nSPS) is 25.6. The summed E-state index contributed by atoms with van der Waals surface area (Å²) in [5, 5.41) is 18.9. The Morgan fingerprint density at radius 1 is 1.08 bits per heavy atom. The zero-order valence-electron chi connectivity index (χ0n) is 28.2. The lowest BCUT2D eigenvalue weighted by Gasteiger charge is -2.34. The van der Waals surface area contributed by atoms with Crippen molar-refractivity contribution in [1.29, 1.82) is 0 Å². The fourth-order valence-corrected chi connectivity index (χ4v) is 10.4. The summed E-state index contributed by atoms with van der Waals surface area (Å²) in [5.74, 6) is 0.198. The van der Waals surface area contributed by atoms with Gasteiger partial charge in [0.15, 0.2) is 11.4 Å². The fraction of sp³-hybridized carbons (Fsp3) is 0.600. The molecule has 8 atom stereocenters. The van der Waals surface area contributed by atoms with E-state index in [-0.39, 0.29) is 65.8 Å². The van der Waals surface area contributed by atoms with Gasteiger partial charge in [0.25, 0.3) is 0 Å². The molecule has 3 heterocycles. The largest absolute Gasteiger partial charge is 0.390 e. The first-order chi connectivity index (χ1) is 22.9. The number of anilines is 1. The number of rotatable bonds is 15. The number of hydrogen-bond donors (Lipinski definition) is 3. The van der Waals surface area contributed by atoms with Crippen molar-refractivity contribution in [3.63, 3.8) is 0 Å². The molecule has 2 aliphatic heterocycles. The van der Waals surface area contributed by atoms with Crippen molar-refractivity contribution in [2.24, 2.45) is 29.6 Å². The van der Waals surface area contributed by atoms with Gasteiger partial charge in [-0.05, 0) is 68.2 Å². The highest BCUT2D eigenvalue weighted by molar-refractivity contribution is 7.89. The van der Waals surface area contributed by atoms with Crippen LogP contribution in [0.15, 0.2) is 53.4 Å². The van der Waals surface area contributed by atoms with Gasteiger partial charge in [-0.25, -0.2) is 13.4 Å². The van der Waals surface area contributed by atoms with Crippen LogP contribution in [0.2, 0.25) is 0 Å². The first kappa shape index (κ1) is 35.2. The Hall–Kier alpha value is -2.65. The summed E-state index contributed by atoms with van der Waals surface area (Å²) in [7, 11) is -2.47. The van der Waals surface area contributed by atoms with Gasteiger partial charge in [0.05, 0.1) is 40.5 Å². The number of sulfonamides is 1. The Bertz CT molecular complexity index is 1670. The van der Waals surface area contributed by atoms with Crippen molar-refractivity contribution in [3.8, 4) is 0 Å². The predicted molar refractivity (Wildman–Crippen MR) is 185 cm³/mol. The second-order valence-corrected chi connectivity index (χ2v) is 17.1. The standard InChI is InChI=1S/C35H48N4O7S2/c1-20(2)16-39(48(42,43)24-11-12-27-30(15-24)47-35(38-27)36-21(3)4)17-29(40)28(13-22-9-7-6-8-10-22)37-33(41)32(44-5)31-23-14-25-26(31)19-46-34(25)45-18-23/h6-12,15,20-21,23,25-26,28-29,31-32,34,40H,13-14,16-19H2,1-5H3,(H,36,38)(H,37,41)/t23?,25?,26-,28+,29-,31+,32+,34+/m1/s1. The molecular weight excluding hydrogens is 653 g/mol. The molecule has 262 valence electrons. The number of aliphatic hydroxyl groups excluding tert-OH is 1. The number of fused-ring (bicyclic) bond motifs is 2. The quantitative estimate of drug-likeness (QED) is 0.214. The van der Waals surface area contributed by atoms with Crippen LogP contribution in [0.1, 0.15) is 39.7 Å². The number of thiazole rings is 1. The number of nitrogens with zero attached hydrogens (tertiary/aromatic N) is 2. The lowest BCUT2D eigenvalue weighted by Crippen LogP contribution is -2.55. The number of aliphatic hydroxyl groups is 1. The summed E-state index contributed by atoms with van der Waals surface area (Å²) in [5.41, 5.74) is 1.63. The summed E-state index contributed by atoms with van der Waals surface area (Å²) < 4.78 is 48.2. The van der Waals surface area contributed by atoms with Gasteiger partial charge in [-0.15, -0.1) is 0 Å². The molecule has 1 amide bonds. The molecule has 2 saturated heterocycles. The van der Waals surface area contributed by atoms with Crippen molar-refractivity contribution in [3.05, 3.63) is 54.1 Å². The lowest BCUT2D eigenvalue weighted by atomic mass is 9.83. The third-order valence-electron chi connectivity index (χ3n) is 9.76. The van der Waals surface area contributed by atoms with Crippen LogP contribution in [0.25, 0.3) is 10.2 Å². The lowest BCUT2D eigenvalue weighted by molar-refractivity contribution is -0.171. The average Bonchev–Trinajstić information content (AvgIpc) is 3.72. The van der Waals surface area contributed by atoms with Gasteiger partial charge in [-0.2, -0.15) is 4.31 Å². The zero-order chi connectivity index (χ0) is 34.2. The molecule has 0 spiro atoms. The third kappa shape index (κ3) is 7.42. The number of aromatic nitrogens is 1. The average molecular weight is 701 g/mol. The van der Waals surface area contributed by atoms with Gasteiger partial charge in [0.1, 0.15) is 6.10 Å². The molecule has 3 N–H and O–H groups in total. The molecule has 1 aromatic heterocycles. The topological polar surface area (TPSA) is 139 Å². The van der Waals surface area contributed by atoms with E-state index in [0.29, 0.717) is 25.2 Å². The number of carbonyl (C=O) groups is 1. The Balaban J connectivity index is 1.24. The Morgan fingerprint density at radius 2 is 1.83 bits per heavy atom. The van der Waals surface area contributed by atoms with Gasteiger partial charge in [-0.3, -0.25) is 4.79 Å². The number of methoxy groups -OCH3 is 1. The van der Waals surface area contributed by atoms with E-state index in [1.54, 1.807) is 25.3 Å². The van der Waals surface area contributed by atoms with Crippen molar-refractivity contribution in [1.82, 2.24) is 14.6 Å². The minimum Gasteiger partial charge on any atom is -0.390 e. The third-order valence-corrected chi connectivity index (χ3v) is 12.5. The Kier molecular flexibility index (Phi) is 10.8. The molecule has 0 radical (unpaired) electrons. The summed E-state index contributed by atoms with van der Waals surface area (Å²) in [6.07, 6.45) is -0.926. The van der Waals surface area contributed by atoms with Crippen LogP contribution in [-0.2, 0) is 35.4 Å². The van der Waals surface area contributed by atoms with Crippen molar-refractivity contribution >= 4 is 42.6 Å². The van der Waals surface area contributed by atoms with Crippen LogP contribution in [0, 0.1) is 29.6 Å². The monoisotopic (exact) mass is 700 g/mol. The van der Waals surface area contributed by atoms with E-state index < -0.39 is 28.3 Å². The molecular formula is C35H48N4O7S2. The highest BCUT2D eigenvalue weighted by atomic mass is 32.2. The molecule has 1 aliphatic carbocycles. The minimum absolute atomic E-state index is 0.0117. The minimum atomic E-state index is -4.01. The van der Waals surface area contributed by atoms with Crippen LogP contribution in [0.5, 0.6) is 0 Å². The molecule has 11 nitrogen and oxygen atoms in total. The number of ether oxygens (including phenoxy) is 3. The van der Waals surface area contributed by atoms with E-state index in [4.69, 9.17) is 14.2 Å². The van der Waals surface area contributed by atoms with E-state index in [1.165, 1.54) is 15.6 Å². The maximum atomic E-state index is 14.2. The maximum absolute atomic E-state index is 14.2. The van der Waals surface area contributed by atoms with Gasteiger partial charge in [-0.1, -0.05) is 55.5 Å². The summed E-state index contributed by atoms with van der Waals surface area (Å²) in [6.45, 7) is 8.98. The fourth-order valence-electron chi connectivity index (χ4n) is 7.63. The van der Waals surface area contributed by atoms with Crippen LogP contribution in [-0.4, -0.2) is 92.7 Å². The first-order valence-corrected chi connectivity index (χ1v) is 19.2. The first-order valence-electron chi connectivity index (χ1n) is 16.9. The van der Waals surface area contributed by atoms with Crippen LogP contribution >= 0.6 is 11.3 Å². The molecule has 3 aromatic rings. The van der Waals surface area contributed by atoms with E-state index in [0.717, 1.165) is 21.8 Å². The van der Waals surface area contributed by atoms with Crippen LogP contribution in [0.3, 0.4) is 0 Å². The summed E-state index contributed by atoms with van der Waals surface area (Å²) in [4.78, 5) is 18.8. The maximum Gasteiger partial charge on any atom is 0.249 e. The highest BCUT2D eigenvalue weighted by Gasteiger charge is 2.58. The van der Waals surface area contributed by atoms with Gasteiger partial charge < -0.3 is 30.0 Å². The summed E-state index contributed by atoms with van der Waals surface area (Å²) in [6, 6.07) is 13.9. The number of benzene rings is 2. The molecule has 2 unspecified atom stereocenters. The number of nitrogens with one attached hydrogen (secondary N) is 2. The van der Waals surface area contributed by atoms with Crippen LogP contribution < -0.4 is 10.6 Å². The number of amides is 1. The van der Waals surface area contributed by atoms with Crippen LogP contribution in [0.4, 0.5) is 5.13 Å². The van der Waals surface area contributed by atoms with Crippen molar-refractivity contribution in [2.75, 3.05) is 38.7 Å². The van der Waals surface area contributed by atoms with E-state index in [1.807, 2.05) is 58.0 Å². The molecule has 3 aliphatic rings. The predicted octanol–water partition coefficient (Wildman–Crippen LogP) is 4.12. The van der Waals surface area contributed by atoms with Gasteiger partial charge in [0, 0.05) is 38.1 Å². The van der Waals surface area contributed by atoms with Gasteiger partial charge >= 0.3 is 0 Å². The van der Waals surface area contributed by atoms with E-state index in [2.05, 4.69) is 15.6 Å². The van der Waals surface area contributed by atoms with Crippen molar-refractivity contribution in [2.45, 2.75) is 76.0 Å². The molecule has 48 heavy (non-hydrogen) atoms. The second-order valence-electron chi connectivity index (χ2n) is 14.1. The Labute approximate surface area is 287 Å². The van der Waals surface area contributed by atoms with E-state index in [9.17, 15) is 18.3 Å². The molecule has 2 aromatic carbocycles. The second kappa shape index (κ2) is 14.7. The zero-order valence-corrected chi connectivity index (χ0v) is 29.9. The Morgan fingerprint density at radius 3 is 2.54 bits per heavy atom. The molecule has 13 heteroatoms. The molecule has 1 saturated carbocycles. The molecule has 6 rings (SSSR count). The van der Waals surface area contributed by atoms with Gasteiger partial charge in [0.2, 0.25) is 15.9 Å². The summed E-state index contributed by atoms with van der Waals surface area (Å²) >= 11 is 1.40. The molecule has 3 fully saturated rings. The smallest absolute Gasteiger partial charge is 0.249 e. The molecule has 2 bridgehead atoms.